The van der Waals surface area contributed by atoms with Gasteiger partial charge in [0, 0.05) is 45.0 Å². The van der Waals surface area contributed by atoms with Crippen molar-refractivity contribution in [2.45, 2.75) is 25.8 Å². The van der Waals surface area contributed by atoms with Crippen LogP contribution in [-0.4, -0.2) is 62.3 Å². The number of hydrogen-bond donors (Lipinski definition) is 1. The van der Waals surface area contributed by atoms with Gasteiger partial charge in [-0.1, -0.05) is 18.2 Å². The number of piperidine rings is 1. The molecule has 4 rings (SSSR count). The van der Waals surface area contributed by atoms with E-state index in [0.29, 0.717) is 0 Å². The van der Waals surface area contributed by atoms with E-state index in [9.17, 15) is 0 Å². The third kappa shape index (κ3) is 4.23. The monoisotopic (exact) mass is 351 g/mol. The first-order valence-corrected chi connectivity index (χ1v) is 9.25. The van der Waals surface area contributed by atoms with E-state index in [-0.39, 0.29) is 12.4 Å². The summed E-state index contributed by atoms with van der Waals surface area (Å²) in [5, 5.41) is 3.59. The zero-order valence-corrected chi connectivity index (χ0v) is 15.3. The minimum Gasteiger partial charge on any atom is -0.384 e. The minimum absolute atomic E-state index is 0. The Hall–Kier alpha value is -0.810. The summed E-state index contributed by atoms with van der Waals surface area (Å²) < 4.78 is 5.47. The molecule has 0 bridgehead atoms. The highest BCUT2D eigenvalue weighted by Gasteiger charge is 2.24. The molecule has 0 aromatic heterocycles. The first-order valence-electron chi connectivity index (χ1n) is 9.25. The highest BCUT2D eigenvalue weighted by molar-refractivity contribution is 5.85. The van der Waals surface area contributed by atoms with Gasteiger partial charge in [-0.2, -0.15) is 0 Å². The molecule has 0 radical (unpaired) electrons. The average Bonchev–Trinajstić information content (AvgIpc) is 3.06. The highest BCUT2D eigenvalue weighted by Crippen LogP contribution is 2.29. The van der Waals surface area contributed by atoms with E-state index >= 15 is 0 Å². The number of morpholine rings is 1. The number of halogens is 1. The molecule has 1 aromatic carbocycles. The van der Waals surface area contributed by atoms with Gasteiger partial charge in [-0.05, 0) is 42.9 Å². The van der Waals surface area contributed by atoms with Crippen LogP contribution < -0.4 is 5.32 Å². The number of benzene rings is 1. The Labute approximate surface area is 151 Å². The van der Waals surface area contributed by atoms with Crippen molar-refractivity contribution in [2.24, 2.45) is 5.92 Å². The molecule has 3 heterocycles. The molecule has 2 fully saturated rings. The summed E-state index contributed by atoms with van der Waals surface area (Å²) >= 11 is 0. The second-order valence-electron chi connectivity index (χ2n) is 7.28. The topological polar surface area (TPSA) is 27.7 Å². The van der Waals surface area contributed by atoms with Crippen molar-refractivity contribution >= 4 is 18.1 Å². The smallest absolute Gasteiger partial charge is 0.0594 e. The van der Waals surface area contributed by atoms with Gasteiger partial charge >= 0.3 is 0 Å². The molecule has 134 valence electrons. The summed E-state index contributed by atoms with van der Waals surface area (Å²) in [6, 6.07) is 6.81. The Kier molecular flexibility index (Phi) is 6.39. The molecule has 3 aliphatic rings. The molecule has 2 saturated heterocycles. The first kappa shape index (κ1) is 18.0. The Balaban J connectivity index is 0.00000169. The molecule has 0 unspecified atom stereocenters. The van der Waals surface area contributed by atoms with Crippen LogP contribution in [0.2, 0.25) is 0 Å². The molecule has 0 amide bonds. The van der Waals surface area contributed by atoms with Gasteiger partial charge in [-0.15, -0.1) is 12.4 Å². The molecule has 5 heteroatoms. The van der Waals surface area contributed by atoms with Crippen LogP contribution in [0.15, 0.2) is 18.2 Å². The van der Waals surface area contributed by atoms with E-state index in [1.54, 1.807) is 0 Å². The zero-order chi connectivity index (χ0) is 15.5. The SMILES string of the molecule is Cl.c1cc2c(c(CN3CCC[C@H](CN4CCOCC4)C3)c1)NCC2. The summed E-state index contributed by atoms with van der Waals surface area (Å²) in [6.45, 7) is 10.0. The molecule has 0 saturated carbocycles. The number of para-hydroxylation sites is 1. The van der Waals surface area contributed by atoms with Gasteiger partial charge < -0.3 is 10.1 Å². The van der Waals surface area contributed by atoms with Crippen molar-refractivity contribution in [2.75, 3.05) is 57.8 Å². The fraction of sp³-hybridized carbons (Fsp3) is 0.684. The molecule has 1 atom stereocenters. The number of ether oxygens (including phenoxy) is 1. The number of hydrogen-bond acceptors (Lipinski definition) is 4. The summed E-state index contributed by atoms with van der Waals surface area (Å²) in [4.78, 5) is 5.27. The summed E-state index contributed by atoms with van der Waals surface area (Å²) in [5.41, 5.74) is 4.42. The van der Waals surface area contributed by atoms with Gasteiger partial charge in [0.1, 0.15) is 0 Å². The van der Waals surface area contributed by atoms with Gasteiger partial charge in [0.2, 0.25) is 0 Å². The third-order valence-corrected chi connectivity index (χ3v) is 5.55. The average molecular weight is 352 g/mol. The van der Waals surface area contributed by atoms with Gasteiger partial charge in [-0.3, -0.25) is 9.80 Å². The third-order valence-electron chi connectivity index (χ3n) is 5.55. The van der Waals surface area contributed by atoms with Gasteiger partial charge in [0.25, 0.3) is 0 Å². The summed E-state index contributed by atoms with van der Waals surface area (Å²) in [6.07, 6.45) is 3.92. The van der Waals surface area contributed by atoms with Crippen molar-refractivity contribution in [3.8, 4) is 0 Å². The molecule has 1 N–H and O–H groups in total. The normalized spacial score (nSPS) is 24.9. The van der Waals surface area contributed by atoms with Crippen LogP contribution in [0.3, 0.4) is 0 Å². The molecule has 1 aromatic rings. The predicted molar refractivity (Wildman–Crippen MR) is 101 cm³/mol. The van der Waals surface area contributed by atoms with Crippen molar-refractivity contribution in [1.82, 2.24) is 9.80 Å². The lowest BCUT2D eigenvalue weighted by molar-refractivity contribution is 0.0224. The van der Waals surface area contributed by atoms with Crippen molar-refractivity contribution < 1.29 is 4.74 Å². The standard InChI is InChI=1S/C19H29N3O.ClH/c1-4-17-6-7-20-19(17)18(5-1)15-22-8-2-3-16(14-22)13-21-9-11-23-12-10-21;/h1,4-5,16,20H,2-3,6-15H2;1H/t16-;/m1./s1. The van der Waals surface area contributed by atoms with E-state index in [1.165, 1.54) is 55.7 Å². The van der Waals surface area contributed by atoms with Crippen LogP contribution >= 0.6 is 12.4 Å². The molecule has 24 heavy (non-hydrogen) atoms. The van der Waals surface area contributed by atoms with Crippen molar-refractivity contribution in [1.29, 1.82) is 0 Å². The second kappa shape index (κ2) is 8.52. The largest absolute Gasteiger partial charge is 0.384 e. The second-order valence-corrected chi connectivity index (χ2v) is 7.28. The Morgan fingerprint density at radius 1 is 1.12 bits per heavy atom. The highest BCUT2D eigenvalue weighted by atomic mass is 35.5. The molecule has 4 nitrogen and oxygen atoms in total. The number of anilines is 1. The maximum Gasteiger partial charge on any atom is 0.0594 e. The number of rotatable bonds is 4. The maximum absolute atomic E-state index is 5.47. The quantitative estimate of drug-likeness (QED) is 0.902. The Bertz CT molecular complexity index is 533. The Morgan fingerprint density at radius 2 is 2.00 bits per heavy atom. The fourth-order valence-corrected chi connectivity index (χ4v) is 4.38. The number of nitrogens with zero attached hydrogens (tertiary/aromatic N) is 2. The maximum atomic E-state index is 5.47. The summed E-state index contributed by atoms with van der Waals surface area (Å²) in [5.74, 6) is 0.826. The van der Waals surface area contributed by atoms with E-state index in [0.717, 1.165) is 45.3 Å². The molecule has 0 aliphatic carbocycles. The Morgan fingerprint density at radius 3 is 2.88 bits per heavy atom. The van der Waals surface area contributed by atoms with Gasteiger partial charge in [0.15, 0.2) is 0 Å². The minimum atomic E-state index is 0. The van der Waals surface area contributed by atoms with Crippen LogP contribution in [-0.2, 0) is 17.7 Å². The van der Waals surface area contributed by atoms with Crippen LogP contribution in [0.25, 0.3) is 0 Å². The van der Waals surface area contributed by atoms with Crippen LogP contribution in [0.4, 0.5) is 5.69 Å². The van der Waals surface area contributed by atoms with Gasteiger partial charge in [0.05, 0.1) is 13.2 Å². The van der Waals surface area contributed by atoms with Crippen molar-refractivity contribution in [3.05, 3.63) is 29.3 Å². The first-order chi connectivity index (χ1) is 11.4. The van der Waals surface area contributed by atoms with Crippen LogP contribution in [0, 0.1) is 5.92 Å². The molecular weight excluding hydrogens is 322 g/mol. The van der Waals surface area contributed by atoms with E-state index in [1.807, 2.05) is 0 Å². The lowest BCUT2D eigenvalue weighted by Crippen LogP contribution is -2.44. The van der Waals surface area contributed by atoms with Crippen molar-refractivity contribution in [3.63, 3.8) is 0 Å². The fourth-order valence-electron chi connectivity index (χ4n) is 4.38. The lowest BCUT2D eigenvalue weighted by Gasteiger charge is -2.37. The lowest BCUT2D eigenvalue weighted by atomic mass is 9.96. The number of likely N-dealkylation sites (tertiary alicyclic amines) is 1. The molecular formula is C19H30ClN3O. The summed E-state index contributed by atoms with van der Waals surface area (Å²) in [7, 11) is 0. The van der Waals surface area contributed by atoms with Gasteiger partial charge in [-0.25, -0.2) is 0 Å². The molecule has 0 spiro atoms. The van der Waals surface area contributed by atoms with E-state index in [4.69, 9.17) is 4.74 Å². The van der Waals surface area contributed by atoms with E-state index in [2.05, 4.69) is 33.3 Å². The number of nitrogens with one attached hydrogen (secondary N) is 1. The zero-order valence-electron chi connectivity index (χ0n) is 14.5. The number of fused-ring (bicyclic) bond motifs is 1. The van der Waals surface area contributed by atoms with Crippen LogP contribution in [0.5, 0.6) is 0 Å². The van der Waals surface area contributed by atoms with Crippen LogP contribution in [0.1, 0.15) is 24.0 Å². The van der Waals surface area contributed by atoms with E-state index < -0.39 is 0 Å². The molecule has 3 aliphatic heterocycles. The predicted octanol–water partition coefficient (Wildman–Crippen LogP) is 2.62.